The Bertz CT molecular complexity index is 1940. The van der Waals surface area contributed by atoms with E-state index in [1.807, 2.05) is 48.7 Å². The molecule has 41 heavy (non-hydrogen) atoms. The van der Waals surface area contributed by atoms with E-state index in [2.05, 4.69) is 77.5 Å². The number of para-hydroxylation sites is 2. The maximum Gasteiger partial charge on any atom is 0.221 e. The van der Waals surface area contributed by atoms with Crippen molar-refractivity contribution in [2.24, 2.45) is 0 Å². The van der Waals surface area contributed by atoms with Crippen LogP contribution in [0.25, 0.3) is 27.6 Å². The summed E-state index contributed by atoms with van der Waals surface area (Å²) in [7, 11) is 2.09. The molecular weight excluding hydrogens is 513 g/mol. The highest BCUT2D eigenvalue weighted by atomic mass is 19.1. The molecule has 0 radical (unpaired) electrons. The van der Waals surface area contributed by atoms with Crippen molar-refractivity contribution >= 4 is 38.9 Å². The van der Waals surface area contributed by atoms with Gasteiger partial charge < -0.3 is 14.5 Å². The van der Waals surface area contributed by atoms with Crippen LogP contribution in [0.2, 0.25) is 0 Å². The molecule has 0 unspecified atom stereocenters. The van der Waals surface area contributed by atoms with Crippen molar-refractivity contribution in [3.63, 3.8) is 0 Å². The molecule has 0 bridgehead atoms. The lowest BCUT2D eigenvalue weighted by Gasteiger charge is -2.20. The Balaban J connectivity index is 1.31. The van der Waals surface area contributed by atoms with E-state index in [0.29, 0.717) is 11.6 Å². The van der Waals surface area contributed by atoms with Gasteiger partial charge in [-0.2, -0.15) is 0 Å². The molecular formula is C34H30FN5O. The van der Waals surface area contributed by atoms with Crippen LogP contribution in [0, 0.1) is 5.82 Å². The molecule has 0 saturated carbocycles. The minimum atomic E-state index is -0.275. The molecule has 6 aromatic rings. The summed E-state index contributed by atoms with van der Waals surface area (Å²) in [5.41, 5.74) is 6.23. The van der Waals surface area contributed by atoms with Gasteiger partial charge in [0.05, 0.1) is 29.1 Å². The van der Waals surface area contributed by atoms with Gasteiger partial charge in [0, 0.05) is 48.0 Å². The highest BCUT2D eigenvalue weighted by Crippen LogP contribution is 2.41. The molecule has 7 rings (SSSR count). The Morgan fingerprint density at radius 1 is 0.780 bits per heavy atom. The number of hydrogen-bond acceptors (Lipinski definition) is 5. The summed E-state index contributed by atoms with van der Waals surface area (Å²) in [6.07, 6.45) is 3.60. The summed E-state index contributed by atoms with van der Waals surface area (Å²) in [6.45, 7) is 7.28. The summed E-state index contributed by atoms with van der Waals surface area (Å²) in [5.74, 6) is 1.63. The number of hydrogen-bond donors (Lipinski definition) is 0. The fraction of sp³-hybridized carbons (Fsp3) is 0.176. The fourth-order valence-corrected chi connectivity index (χ4v) is 5.63. The van der Waals surface area contributed by atoms with Crippen molar-refractivity contribution in [1.82, 2.24) is 14.5 Å². The van der Waals surface area contributed by atoms with Crippen LogP contribution in [0.5, 0.6) is 11.6 Å². The van der Waals surface area contributed by atoms with Crippen LogP contribution < -0.4 is 14.5 Å². The number of aromatic nitrogens is 3. The number of nitrogens with zero attached hydrogens (tertiary/aromatic N) is 5. The molecule has 0 fully saturated rings. The van der Waals surface area contributed by atoms with Gasteiger partial charge in [0.15, 0.2) is 0 Å². The van der Waals surface area contributed by atoms with Gasteiger partial charge in [-0.25, -0.2) is 14.4 Å². The number of fused-ring (bicyclic) bond motifs is 4. The monoisotopic (exact) mass is 543 g/mol. The highest BCUT2D eigenvalue weighted by molar-refractivity contribution is 6.09. The minimum absolute atomic E-state index is 0.0435. The Kier molecular flexibility index (Phi) is 5.71. The molecule has 4 heterocycles. The molecule has 3 aromatic heterocycles. The lowest BCUT2D eigenvalue weighted by Crippen LogP contribution is -2.23. The van der Waals surface area contributed by atoms with Crippen molar-refractivity contribution in [3.05, 3.63) is 109 Å². The zero-order chi connectivity index (χ0) is 28.3. The quantitative estimate of drug-likeness (QED) is 0.224. The van der Waals surface area contributed by atoms with Crippen LogP contribution in [-0.2, 0) is 5.41 Å². The average Bonchev–Trinajstić information content (AvgIpc) is 3.47. The number of ether oxygens (including phenoxy) is 1. The second kappa shape index (κ2) is 9.34. The van der Waals surface area contributed by atoms with Crippen LogP contribution in [0.1, 0.15) is 26.3 Å². The van der Waals surface area contributed by atoms with Crippen molar-refractivity contribution in [3.8, 4) is 17.4 Å². The lowest BCUT2D eigenvalue weighted by molar-refractivity contribution is 0.463. The molecule has 0 spiro atoms. The molecule has 0 amide bonds. The van der Waals surface area contributed by atoms with Crippen LogP contribution in [-0.4, -0.2) is 28.3 Å². The number of benzene rings is 3. The number of anilines is 3. The maximum atomic E-state index is 14.4. The zero-order valence-electron chi connectivity index (χ0n) is 23.5. The van der Waals surface area contributed by atoms with Gasteiger partial charge in [-0.1, -0.05) is 32.9 Å². The molecule has 0 atom stereocenters. The Labute approximate surface area is 238 Å². The first kappa shape index (κ1) is 25.1. The van der Waals surface area contributed by atoms with Crippen LogP contribution in [0.15, 0.2) is 97.3 Å². The lowest BCUT2D eigenvalue weighted by atomic mass is 9.88. The Hall–Kier alpha value is -4.91. The number of halogens is 1. The van der Waals surface area contributed by atoms with Gasteiger partial charge in [0.25, 0.3) is 0 Å². The molecule has 0 saturated heterocycles. The molecule has 7 heteroatoms. The second-order valence-electron chi connectivity index (χ2n) is 11.5. The van der Waals surface area contributed by atoms with Gasteiger partial charge in [-0.05, 0) is 71.6 Å². The van der Waals surface area contributed by atoms with Crippen molar-refractivity contribution < 1.29 is 9.13 Å². The largest absolute Gasteiger partial charge is 0.439 e. The predicted molar refractivity (Wildman–Crippen MR) is 163 cm³/mol. The molecule has 1 aliphatic rings. The number of pyridine rings is 2. The van der Waals surface area contributed by atoms with Crippen LogP contribution in [0.3, 0.4) is 0 Å². The third kappa shape index (κ3) is 4.34. The summed E-state index contributed by atoms with van der Waals surface area (Å²) in [4.78, 5) is 13.7. The first-order valence-corrected chi connectivity index (χ1v) is 13.7. The van der Waals surface area contributed by atoms with Gasteiger partial charge in [-0.3, -0.25) is 4.57 Å². The molecule has 3 aromatic carbocycles. The summed E-state index contributed by atoms with van der Waals surface area (Å²) in [5, 5.41) is 1.75. The van der Waals surface area contributed by atoms with Gasteiger partial charge >= 0.3 is 0 Å². The third-order valence-electron chi connectivity index (χ3n) is 7.73. The first-order chi connectivity index (χ1) is 19.8. The standard InChI is InChI=1S/C34H30FN5O/c1-34(2,3)22-13-15-36-32(17-22)40-28-12-9-23(35)18-27(28)26-11-10-25(20-31(26)40)41-33-19-24(14-16-37-33)39-21-38(4)29-7-5-6-8-30(29)39/h5-20H,21H2,1-4H3. The molecule has 204 valence electrons. The van der Waals surface area contributed by atoms with Gasteiger partial charge in [0.1, 0.15) is 17.4 Å². The van der Waals surface area contributed by atoms with E-state index >= 15 is 0 Å². The third-order valence-corrected chi connectivity index (χ3v) is 7.73. The van der Waals surface area contributed by atoms with Crippen LogP contribution in [0.4, 0.5) is 21.5 Å². The van der Waals surface area contributed by atoms with E-state index in [1.54, 1.807) is 12.3 Å². The van der Waals surface area contributed by atoms with Gasteiger partial charge in [0.2, 0.25) is 5.88 Å². The van der Waals surface area contributed by atoms with E-state index in [4.69, 9.17) is 9.72 Å². The molecule has 6 nitrogen and oxygen atoms in total. The summed E-state index contributed by atoms with van der Waals surface area (Å²) >= 11 is 0. The van der Waals surface area contributed by atoms with E-state index in [9.17, 15) is 4.39 Å². The Morgan fingerprint density at radius 3 is 2.41 bits per heavy atom. The normalized spacial score (nSPS) is 13.3. The van der Waals surface area contributed by atoms with Gasteiger partial charge in [-0.15, -0.1) is 0 Å². The highest BCUT2D eigenvalue weighted by Gasteiger charge is 2.24. The van der Waals surface area contributed by atoms with E-state index < -0.39 is 0 Å². The SMILES string of the molecule is CN1CN(c2ccnc(Oc3ccc4c5cc(F)ccc5n(-c5cc(C(C)(C)C)ccn5)c4c3)c2)c2ccccc21. The first-order valence-electron chi connectivity index (χ1n) is 13.7. The maximum absolute atomic E-state index is 14.4. The number of rotatable bonds is 4. The minimum Gasteiger partial charge on any atom is -0.439 e. The summed E-state index contributed by atoms with van der Waals surface area (Å²) in [6, 6.07) is 27.2. The fourth-order valence-electron chi connectivity index (χ4n) is 5.63. The van der Waals surface area contributed by atoms with E-state index in [0.717, 1.165) is 45.7 Å². The Morgan fingerprint density at radius 2 is 1.59 bits per heavy atom. The smallest absolute Gasteiger partial charge is 0.221 e. The summed E-state index contributed by atoms with van der Waals surface area (Å²) < 4.78 is 22.8. The van der Waals surface area contributed by atoms with Crippen molar-refractivity contribution in [2.75, 3.05) is 23.5 Å². The molecule has 0 N–H and O–H groups in total. The molecule has 1 aliphatic heterocycles. The topological polar surface area (TPSA) is 46.4 Å². The van der Waals surface area contributed by atoms with E-state index in [-0.39, 0.29) is 11.2 Å². The second-order valence-corrected chi connectivity index (χ2v) is 11.5. The van der Waals surface area contributed by atoms with E-state index in [1.165, 1.54) is 17.3 Å². The average molecular weight is 544 g/mol. The van der Waals surface area contributed by atoms with Crippen molar-refractivity contribution in [1.29, 1.82) is 0 Å². The van der Waals surface area contributed by atoms with Crippen LogP contribution >= 0.6 is 0 Å². The zero-order valence-corrected chi connectivity index (χ0v) is 23.5. The molecule has 0 aliphatic carbocycles. The predicted octanol–water partition coefficient (Wildman–Crippen LogP) is 8.35. The van der Waals surface area contributed by atoms with Crippen molar-refractivity contribution in [2.45, 2.75) is 26.2 Å².